The number of morpholine rings is 1. The minimum atomic E-state index is -1.74. The number of amides is 3. The van der Waals surface area contributed by atoms with Crippen LogP contribution in [0.1, 0.15) is 34.3 Å². The molecule has 2 aromatic carbocycles. The third-order valence-corrected chi connectivity index (χ3v) is 6.28. The Morgan fingerprint density at radius 3 is 2.43 bits per heavy atom. The number of amidine groups is 1. The minimum Gasteiger partial charge on any atom is -0.384 e. The molecule has 0 unspecified atom stereocenters. The molecule has 0 spiro atoms. The summed E-state index contributed by atoms with van der Waals surface area (Å²) in [5.74, 6) is -1.53. The van der Waals surface area contributed by atoms with Gasteiger partial charge in [0.25, 0.3) is 17.7 Å². The second-order valence-electron chi connectivity index (χ2n) is 8.71. The average molecular weight is 480 g/mol. The van der Waals surface area contributed by atoms with E-state index in [1.165, 1.54) is 4.90 Å². The van der Waals surface area contributed by atoms with Crippen molar-refractivity contribution in [3.05, 3.63) is 59.2 Å². The van der Waals surface area contributed by atoms with Crippen molar-refractivity contribution in [2.75, 3.05) is 36.5 Å². The third-order valence-electron chi connectivity index (χ3n) is 6.28. The number of nitrogens with zero attached hydrogens (tertiary/aromatic N) is 2. The van der Waals surface area contributed by atoms with E-state index in [1.54, 1.807) is 47.4 Å². The zero-order valence-corrected chi connectivity index (χ0v) is 19.5. The topological polar surface area (TPSA) is 149 Å². The molecule has 0 aliphatic carbocycles. The van der Waals surface area contributed by atoms with Crippen molar-refractivity contribution < 1.29 is 24.2 Å². The number of aliphatic hydroxyl groups is 1. The molecular formula is C25H29N5O5. The van der Waals surface area contributed by atoms with E-state index in [0.29, 0.717) is 22.5 Å². The predicted octanol–water partition coefficient (Wildman–Crippen LogP) is 1.25. The molecule has 5 N–H and O–H groups in total. The van der Waals surface area contributed by atoms with Gasteiger partial charge in [-0.15, -0.1) is 0 Å². The van der Waals surface area contributed by atoms with Gasteiger partial charge in [-0.05, 0) is 61.7 Å². The van der Waals surface area contributed by atoms with Gasteiger partial charge < -0.3 is 30.7 Å². The number of ether oxygens (including phenoxy) is 1. The molecule has 2 saturated heterocycles. The molecule has 10 heteroatoms. The molecular weight excluding hydrogens is 450 g/mol. The smallest absolute Gasteiger partial charge is 0.259 e. The lowest BCUT2D eigenvalue weighted by Gasteiger charge is -2.35. The van der Waals surface area contributed by atoms with E-state index in [2.05, 4.69) is 5.32 Å². The van der Waals surface area contributed by atoms with E-state index in [9.17, 15) is 19.5 Å². The monoisotopic (exact) mass is 479 g/mol. The largest absolute Gasteiger partial charge is 0.384 e. The van der Waals surface area contributed by atoms with Crippen molar-refractivity contribution in [3.8, 4) is 0 Å². The summed E-state index contributed by atoms with van der Waals surface area (Å²) < 4.78 is 5.49. The molecule has 35 heavy (non-hydrogen) atoms. The highest BCUT2D eigenvalue weighted by Crippen LogP contribution is 2.27. The lowest BCUT2D eigenvalue weighted by Crippen LogP contribution is -2.55. The van der Waals surface area contributed by atoms with E-state index >= 15 is 0 Å². The van der Waals surface area contributed by atoms with Gasteiger partial charge in [-0.2, -0.15) is 0 Å². The zero-order valence-electron chi connectivity index (χ0n) is 19.5. The Kier molecular flexibility index (Phi) is 7.13. The number of hydrogen-bond acceptors (Lipinski definition) is 6. The fourth-order valence-corrected chi connectivity index (χ4v) is 4.29. The van der Waals surface area contributed by atoms with Crippen LogP contribution in [0, 0.1) is 12.3 Å². The second kappa shape index (κ2) is 10.2. The molecule has 2 heterocycles. The Morgan fingerprint density at radius 1 is 1.11 bits per heavy atom. The average Bonchev–Trinajstić information content (AvgIpc) is 3.39. The van der Waals surface area contributed by atoms with E-state index in [1.807, 2.05) is 6.92 Å². The number of aliphatic hydroxyl groups excluding tert-OH is 1. The molecule has 0 aromatic heterocycles. The first-order valence-corrected chi connectivity index (χ1v) is 11.5. The number of aryl methyl sites for hydroxylation is 1. The number of hydrogen-bond donors (Lipinski definition) is 4. The van der Waals surface area contributed by atoms with Gasteiger partial charge in [0.2, 0.25) is 0 Å². The van der Waals surface area contributed by atoms with Gasteiger partial charge in [-0.1, -0.05) is 6.07 Å². The van der Waals surface area contributed by atoms with Crippen molar-refractivity contribution in [2.24, 2.45) is 5.73 Å². The molecule has 3 amide bonds. The van der Waals surface area contributed by atoms with Crippen LogP contribution in [0.4, 0.5) is 11.4 Å². The maximum atomic E-state index is 13.3. The first-order chi connectivity index (χ1) is 16.8. The summed E-state index contributed by atoms with van der Waals surface area (Å²) in [6.07, 6.45) is -1.17. The Bertz CT molecular complexity index is 1140. The SMILES string of the molecule is Cc1ccc(C(=O)N2CCCC2)cc1N1CCO[C@H]([C@@H](O)C(=O)Nc2ccc(C(=N)N)cc2)C1=O. The molecule has 0 bridgehead atoms. The Balaban J connectivity index is 1.48. The normalized spacial score (nSPS) is 18.9. The number of carbonyl (C=O) groups is 3. The van der Waals surface area contributed by atoms with E-state index in [0.717, 1.165) is 31.5 Å². The molecule has 10 nitrogen and oxygen atoms in total. The van der Waals surface area contributed by atoms with Crippen LogP contribution in [0.25, 0.3) is 0 Å². The zero-order chi connectivity index (χ0) is 25.1. The van der Waals surface area contributed by atoms with Crippen LogP contribution >= 0.6 is 0 Å². The van der Waals surface area contributed by atoms with Crippen LogP contribution in [0.15, 0.2) is 42.5 Å². The third kappa shape index (κ3) is 5.18. The molecule has 2 aliphatic heterocycles. The summed E-state index contributed by atoms with van der Waals surface area (Å²) in [6.45, 7) is 3.64. The predicted molar refractivity (Wildman–Crippen MR) is 131 cm³/mol. The number of benzene rings is 2. The van der Waals surface area contributed by atoms with Crippen molar-refractivity contribution in [1.29, 1.82) is 5.41 Å². The summed E-state index contributed by atoms with van der Waals surface area (Å²) in [7, 11) is 0. The molecule has 0 radical (unpaired) electrons. The Morgan fingerprint density at radius 2 is 1.77 bits per heavy atom. The minimum absolute atomic E-state index is 0.0730. The fraction of sp³-hybridized carbons (Fsp3) is 0.360. The number of rotatable bonds is 6. The lowest BCUT2D eigenvalue weighted by atomic mass is 10.0. The van der Waals surface area contributed by atoms with E-state index in [4.69, 9.17) is 15.9 Å². The van der Waals surface area contributed by atoms with Crippen LogP contribution in [-0.4, -0.2) is 72.0 Å². The van der Waals surface area contributed by atoms with Crippen LogP contribution in [0.2, 0.25) is 0 Å². The highest BCUT2D eigenvalue weighted by molar-refractivity contribution is 6.05. The maximum Gasteiger partial charge on any atom is 0.259 e. The summed E-state index contributed by atoms with van der Waals surface area (Å²) in [5.41, 5.74) is 8.15. The van der Waals surface area contributed by atoms with Gasteiger partial charge in [0.05, 0.1) is 6.61 Å². The van der Waals surface area contributed by atoms with Crippen LogP contribution < -0.4 is 16.0 Å². The Hall–Kier alpha value is -3.76. The highest BCUT2D eigenvalue weighted by Gasteiger charge is 2.40. The van der Waals surface area contributed by atoms with Crippen molar-refractivity contribution in [3.63, 3.8) is 0 Å². The molecule has 184 valence electrons. The van der Waals surface area contributed by atoms with Crippen molar-refractivity contribution in [2.45, 2.75) is 32.0 Å². The van der Waals surface area contributed by atoms with Gasteiger partial charge in [-0.25, -0.2) is 0 Å². The second-order valence-corrected chi connectivity index (χ2v) is 8.71. The molecule has 2 fully saturated rings. The quantitative estimate of drug-likeness (QED) is 0.362. The first kappa shape index (κ1) is 24.4. The van der Waals surface area contributed by atoms with Crippen LogP contribution in [-0.2, 0) is 14.3 Å². The molecule has 0 saturated carbocycles. The maximum absolute atomic E-state index is 13.3. The van der Waals surface area contributed by atoms with E-state index < -0.39 is 24.0 Å². The summed E-state index contributed by atoms with van der Waals surface area (Å²) >= 11 is 0. The molecule has 2 aromatic rings. The highest BCUT2D eigenvalue weighted by atomic mass is 16.5. The number of nitrogen functional groups attached to an aromatic ring is 1. The number of nitrogens with two attached hydrogens (primary N) is 1. The molecule has 4 rings (SSSR count). The van der Waals surface area contributed by atoms with Crippen molar-refractivity contribution >= 4 is 34.9 Å². The van der Waals surface area contributed by atoms with Gasteiger partial charge in [0, 0.05) is 42.1 Å². The number of anilines is 2. The molecule has 2 aliphatic rings. The fourth-order valence-electron chi connectivity index (χ4n) is 4.29. The number of nitrogens with one attached hydrogen (secondary N) is 2. The molecule has 2 atom stereocenters. The Labute approximate surface area is 203 Å². The number of likely N-dealkylation sites (tertiary alicyclic amines) is 1. The lowest BCUT2D eigenvalue weighted by molar-refractivity contribution is -0.150. The van der Waals surface area contributed by atoms with Crippen LogP contribution in [0.5, 0.6) is 0 Å². The first-order valence-electron chi connectivity index (χ1n) is 11.5. The van der Waals surface area contributed by atoms with Crippen LogP contribution in [0.3, 0.4) is 0 Å². The van der Waals surface area contributed by atoms with Gasteiger partial charge in [0.1, 0.15) is 5.84 Å². The van der Waals surface area contributed by atoms with E-state index in [-0.39, 0.29) is 24.9 Å². The summed E-state index contributed by atoms with van der Waals surface area (Å²) in [5, 5.41) is 20.6. The van der Waals surface area contributed by atoms with Gasteiger partial charge in [-0.3, -0.25) is 19.8 Å². The van der Waals surface area contributed by atoms with Gasteiger partial charge >= 0.3 is 0 Å². The summed E-state index contributed by atoms with van der Waals surface area (Å²) in [4.78, 5) is 42.0. The van der Waals surface area contributed by atoms with Gasteiger partial charge in [0.15, 0.2) is 12.2 Å². The standard InChI is InChI=1S/C25H29N5O5/c1-15-4-5-17(24(33)29-10-2-3-11-29)14-19(15)30-12-13-35-21(25(30)34)20(31)23(32)28-18-8-6-16(7-9-18)22(26)27/h4-9,14,20-21,31H,2-3,10-13H2,1H3,(H3,26,27)(H,28,32)/t20-,21-/m1/s1. The summed E-state index contributed by atoms with van der Waals surface area (Å²) in [6, 6.07) is 11.5. The number of carbonyl (C=O) groups excluding carboxylic acids is 3. The van der Waals surface area contributed by atoms with Crippen molar-refractivity contribution in [1.82, 2.24) is 4.90 Å².